The van der Waals surface area contributed by atoms with Gasteiger partial charge in [0.2, 0.25) is 11.9 Å². The second-order valence-corrected chi connectivity index (χ2v) is 4.38. The van der Waals surface area contributed by atoms with Crippen LogP contribution >= 0.6 is 15.9 Å². The zero-order valence-corrected chi connectivity index (χ0v) is 8.94. The third-order valence-electron chi connectivity index (χ3n) is 1.98. The van der Waals surface area contributed by atoms with Crippen LogP contribution in [-0.4, -0.2) is 27.2 Å². The van der Waals surface area contributed by atoms with E-state index in [2.05, 4.69) is 25.9 Å². The molecule has 14 heavy (non-hydrogen) atoms. The summed E-state index contributed by atoms with van der Waals surface area (Å²) in [6.45, 7) is 0.599. The zero-order chi connectivity index (χ0) is 10.1. The summed E-state index contributed by atoms with van der Waals surface area (Å²) in [5, 5.41) is 0. The van der Waals surface area contributed by atoms with E-state index in [4.69, 9.17) is 5.73 Å². The SMILES string of the molecule is Nc1ccnc(N2CC(Br)CC2=O)n1. The van der Waals surface area contributed by atoms with Gasteiger partial charge in [0.1, 0.15) is 5.82 Å². The summed E-state index contributed by atoms with van der Waals surface area (Å²) in [4.78, 5) is 21.2. The third-order valence-corrected chi connectivity index (χ3v) is 2.60. The van der Waals surface area contributed by atoms with Crippen molar-refractivity contribution in [2.24, 2.45) is 0 Å². The zero-order valence-electron chi connectivity index (χ0n) is 7.35. The Morgan fingerprint density at radius 3 is 3.00 bits per heavy atom. The number of hydrogen-bond acceptors (Lipinski definition) is 4. The van der Waals surface area contributed by atoms with Gasteiger partial charge in [-0.15, -0.1) is 0 Å². The quantitative estimate of drug-likeness (QED) is 0.746. The molecular formula is C8H9BrN4O. The Labute approximate surface area is 89.5 Å². The molecule has 74 valence electrons. The topological polar surface area (TPSA) is 72.1 Å². The summed E-state index contributed by atoms with van der Waals surface area (Å²) in [6, 6.07) is 1.59. The fourth-order valence-corrected chi connectivity index (χ4v) is 1.92. The summed E-state index contributed by atoms with van der Waals surface area (Å²) in [5.74, 6) is 0.787. The minimum atomic E-state index is 0.0254. The standard InChI is InChI=1S/C8H9BrN4O/c9-5-3-7(14)13(4-5)8-11-2-1-6(10)12-8/h1-2,5H,3-4H2,(H2,10,11,12). The lowest BCUT2D eigenvalue weighted by Gasteiger charge is -2.12. The predicted octanol–water partition coefficient (Wildman–Crippen LogP) is 0.559. The number of anilines is 2. The maximum Gasteiger partial charge on any atom is 0.234 e. The molecule has 0 bridgehead atoms. The Hall–Kier alpha value is -1.17. The van der Waals surface area contributed by atoms with Gasteiger partial charge in [0.25, 0.3) is 0 Å². The molecule has 1 aliphatic rings. The highest BCUT2D eigenvalue weighted by atomic mass is 79.9. The van der Waals surface area contributed by atoms with Gasteiger partial charge < -0.3 is 5.73 Å². The predicted molar refractivity (Wildman–Crippen MR) is 56.1 cm³/mol. The number of halogens is 1. The fourth-order valence-electron chi connectivity index (χ4n) is 1.35. The fraction of sp³-hybridized carbons (Fsp3) is 0.375. The minimum Gasteiger partial charge on any atom is -0.384 e. The van der Waals surface area contributed by atoms with Crippen molar-refractivity contribution in [1.82, 2.24) is 9.97 Å². The van der Waals surface area contributed by atoms with E-state index in [1.165, 1.54) is 4.90 Å². The first kappa shape index (κ1) is 9.39. The van der Waals surface area contributed by atoms with Gasteiger partial charge >= 0.3 is 0 Å². The highest BCUT2D eigenvalue weighted by molar-refractivity contribution is 9.09. The molecule has 2 N–H and O–H groups in total. The van der Waals surface area contributed by atoms with Crippen molar-refractivity contribution in [2.45, 2.75) is 11.2 Å². The van der Waals surface area contributed by atoms with E-state index in [1.54, 1.807) is 12.3 Å². The molecule has 1 aliphatic heterocycles. The molecule has 6 heteroatoms. The van der Waals surface area contributed by atoms with Crippen LogP contribution in [0.5, 0.6) is 0 Å². The lowest BCUT2D eigenvalue weighted by Crippen LogP contribution is -2.26. The second-order valence-electron chi connectivity index (χ2n) is 3.09. The van der Waals surface area contributed by atoms with E-state index in [9.17, 15) is 4.79 Å². The van der Waals surface area contributed by atoms with Crippen LogP contribution in [0.1, 0.15) is 6.42 Å². The summed E-state index contributed by atoms with van der Waals surface area (Å²) in [5.41, 5.74) is 5.51. The smallest absolute Gasteiger partial charge is 0.234 e. The molecule has 0 saturated carbocycles. The van der Waals surface area contributed by atoms with Crippen molar-refractivity contribution >= 4 is 33.6 Å². The molecule has 0 aliphatic carbocycles. The average Bonchev–Trinajstić information content (AvgIpc) is 2.45. The molecule has 1 aromatic heterocycles. The average molecular weight is 257 g/mol. The normalized spacial score (nSPS) is 21.6. The minimum absolute atomic E-state index is 0.0254. The van der Waals surface area contributed by atoms with Crippen LogP contribution in [0.15, 0.2) is 12.3 Å². The van der Waals surface area contributed by atoms with Crippen LogP contribution in [0.4, 0.5) is 11.8 Å². The molecule has 1 fully saturated rings. The molecule has 0 spiro atoms. The van der Waals surface area contributed by atoms with Crippen LogP contribution < -0.4 is 10.6 Å². The molecule has 1 aromatic rings. The van der Waals surface area contributed by atoms with Gasteiger partial charge in [0, 0.05) is 24.0 Å². The van der Waals surface area contributed by atoms with E-state index >= 15 is 0 Å². The molecular weight excluding hydrogens is 248 g/mol. The number of nitrogen functional groups attached to an aromatic ring is 1. The first-order valence-corrected chi connectivity index (χ1v) is 5.11. The van der Waals surface area contributed by atoms with Gasteiger partial charge in [-0.3, -0.25) is 9.69 Å². The number of carbonyl (C=O) groups excluding carboxylic acids is 1. The Kier molecular flexibility index (Phi) is 2.37. The highest BCUT2D eigenvalue weighted by Crippen LogP contribution is 2.22. The summed E-state index contributed by atoms with van der Waals surface area (Å²) in [7, 11) is 0. The van der Waals surface area contributed by atoms with Gasteiger partial charge in [0.05, 0.1) is 0 Å². The number of hydrogen-bond donors (Lipinski definition) is 1. The van der Waals surface area contributed by atoms with Crippen molar-refractivity contribution < 1.29 is 4.79 Å². The van der Waals surface area contributed by atoms with Gasteiger partial charge in [-0.2, -0.15) is 4.98 Å². The van der Waals surface area contributed by atoms with E-state index in [1.807, 2.05) is 0 Å². The Morgan fingerprint density at radius 1 is 1.64 bits per heavy atom. The van der Waals surface area contributed by atoms with Crippen LogP contribution in [0.25, 0.3) is 0 Å². The number of carbonyl (C=O) groups is 1. The molecule has 1 unspecified atom stereocenters. The van der Waals surface area contributed by atoms with Crippen LogP contribution in [-0.2, 0) is 4.79 Å². The van der Waals surface area contributed by atoms with E-state index < -0.39 is 0 Å². The Balaban J connectivity index is 2.27. The maximum absolute atomic E-state index is 11.5. The summed E-state index contributed by atoms with van der Waals surface area (Å²) >= 11 is 3.39. The van der Waals surface area contributed by atoms with Crippen LogP contribution in [0.2, 0.25) is 0 Å². The summed E-state index contributed by atoms with van der Waals surface area (Å²) in [6.07, 6.45) is 2.03. The summed E-state index contributed by atoms with van der Waals surface area (Å²) < 4.78 is 0. The molecule has 2 heterocycles. The van der Waals surface area contributed by atoms with Crippen molar-refractivity contribution in [3.63, 3.8) is 0 Å². The number of nitrogens with zero attached hydrogens (tertiary/aromatic N) is 3. The van der Waals surface area contributed by atoms with Crippen molar-refractivity contribution in [1.29, 1.82) is 0 Å². The van der Waals surface area contributed by atoms with E-state index in [-0.39, 0.29) is 10.7 Å². The van der Waals surface area contributed by atoms with E-state index in [0.29, 0.717) is 24.7 Å². The molecule has 0 radical (unpaired) electrons. The number of nitrogens with two attached hydrogens (primary N) is 1. The molecule has 1 amide bonds. The van der Waals surface area contributed by atoms with Gasteiger partial charge in [-0.05, 0) is 6.07 Å². The van der Waals surface area contributed by atoms with Crippen LogP contribution in [0.3, 0.4) is 0 Å². The number of amides is 1. The van der Waals surface area contributed by atoms with Crippen molar-refractivity contribution in [2.75, 3.05) is 17.2 Å². The van der Waals surface area contributed by atoms with Gasteiger partial charge in [-0.25, -0.2) is 4.98 Å². The first-order valence-electron chi connectivity index (χ1n) is 4.20. The number of alkyl halides is 1. The van der Waals surface area contributed by atoms with Gasteiger partial charge in [0.15, 0.2) is 0 Å². The maximum atomic E-state index is 11.5. The number of aromatic nitrogens is 2. The lowest BCUT2D eigenvalue weighted by molar-refractivity contribution is -0.117. The Morgan fingerprint density at radius 2 is 2.43 bits per heavy atom. The second kappa shape index (κ2) is 3.53. The Bertz CT molecular complexity index is 370. The lowest BCUT2D eigenvalue weighted by atomic mass is 10.4. The van der Waals surface area contributed by atoms with Crippen molar-refractivity contribution in [3.8, 4) is 0 Å². The monoisotopic (exact) mass is 256 g/mol. The van der Waals surface area contributed by atoms with E-state index in [0.717, 1.165) is 0 Å². The molecule has 0 aromatic carbocycles. The molecule has 1 saturated heterocycles. The van der Waals surface area contributed by atoms with Crippen LogP contribution in [0, 0.1) is 0 Å². The molecule has 5 nitrogen and oxygen atoms in total. The van der Waals surface area contributed by atoms with Gasteiger partial charge in [-0.1, -0.05) is 15.9 Å². The largest absolute Gasteiger partial charge is 0.384 e. The van der Waals surface area contributed by atoms with Crippen molar-refractivity contribution in [3.05, 3.63) is 12.3 Å². The highest BCUT2D eigenvalue weighted by Gasteiger charge is 2.30. The number of rotatable bonds is 1. The molecule has 2 rings (SSSR count). The third kappa shape index (κ3) is 1.70. The molecule has 1 atom stereocenters. The first-order chi connectivity index (χ1) is 6.66.